The molecule has 3 heterocycles. The molecule has 3 nitrogen and oxygen atoms in total. The average Bonchev–Trinajstić information content (AvgIpc) is 3.71. The number of aromatic nitrogens is 3. The van der Waals surface area contributed by atoms with Gasteiger partial charge in [0.2, 0.25) is 0 Å². The summed E-state index contributed by atoms with van der Waals surface area (Å²) in [4.78, 5) is 10.7. The second-order valence-electron chi connectivity index (χ2n) is 17.4. The number of fused-ring (bicyclic) bond motifs is 8. The Bertz CT molecular complexity index is 4010. The summed E-state index contributed by atoms with van der Waals surface area (Å²) in [5.41, 5.74) is 16.6. The van der Waals surface area contributed by atoms with E-state index in [0.29, 0.717) is 0 Å². The lowest BCUT2D eigenvalue weighted by molar-refractivity contribution is 1.18. The first-order valence-electron chi connectivity index (χ1n) is 22.6. The van der Waals surface area contributed by atoms with Crippen LogP contribution in [0, 0.1) is 6.92 Å². The fourth-order valence-corrected chi connectivity index (χ4v) is 10.4. The van der Waals surface area contributed by atoms with Gasteiger partial charge in [-0.15, -0.1) is 0 Å². The minimum Gasteiger partial charge on any atom is -0.308 e. The lowest BCUT2D eigenvalue weighted by atomic mass is 9.84. The fraction of sp³-hybridized carbons (Fsp3) is 0.0159. The van der Waals surface area contributed by atoms with Gasteiger partial charge in [0.15, 0.2) is 0 Å². The second kappa shape index (κ2) is 15.3. The van der Waals surface area contributed by atoms with E-state index in [1.54, 1.807) is 0 Å². The monoisotopic (exact) mass is 839 g/mol. The highest BCUT2D eigenvalue weighted by atomic mass is 15.0. The number of pyridine rings is 2. The molecule has 0 amide bonds. The Balaban J connectivity index is 0.943. The third kappa shape index (κ3) is 6.12. The average molecular weight is 840 g/mol. The number of benzene rings is 10. The van der Waals surface area contributed by atoms with Gasteiger partial charge in [-0.25, -0.2) is 4.98 Å². The van der Waals surface area contributed by atoms with E-state index >= 15 is 0 Å². The van der Waals surface area contributed by atoms with Gasteiger partial charge in [-0.1, -0.05) is 175 Å². The first-order chi connectivity index (χ1) is 32.6. The Morgan fingerprint density at radius 2 is 0.939 bits per heavy atom. The highest BCUT2D eigenvalue weighted by molar-refractivity contribution is 6.25. The number of nitrogens with zero attached hydrogens (tertiary/aromatic N) is 3. The van der Waals surface area contributed by atoms with Crippen LogP contribution in [-0.4, -0.2) is 14.5 Å². The molecule has 0 aliphatic carbocycles. The number of hydrogen-bond acceptors (Lipinski definition) is 2. The van der Waals surface area contributed by atoms with E-state index < -0.39 is 0 Å². The second-order valence-corrected chi connectivity index (χ2v) is 17.4. The molecule has 308 valence electrons. The van der Waals surface area contributed by atoms with Crippen molar-refractivity contribution in [2.45, 2.75) is 6.92 Å². The van der Waals surface area contributed by atoms with Crippen molar-refractivity contribution in [1.29, 1.82) is 0 Å². The highest BCUT2D eigenvalue weighted by Crippen LogP contribution is 2.46. The van der Waals surface area contributed by atoms with Crippen LogP contribution in [-0.2, 0) is 0 Å². The van der Waals surface area contributed by atoms with Crippen LogP contribution >= 0.6 is 0 Å². The zero-order valence-electron chi connectivity index (χ0n) is 36.3. The molecule has 0 N–H and O–H groups in total. The molecule has 0 spiro atoms. The first kappa shape index (κ1) is 37.9. The molecule has 0 unspecified atom stereocenters. The maximum Gasteiger partial charge on any atom is 0.0964 e. The number of rotatable bonds is 6. The van der Waals surface area contributed by atoms with Crippen LogP contribution in [0.2, 0.25) is 0 Å². The predicted octanol–water partition coefficient (Wildman–Crippen LogP) is 16.8. The minimum absolute atomic E-state index is 0.930. The fourth-order valence-electron chi connectivity index (χ4n) is 10.4. The Morgan fingerprint density at radius 3 is 1.70 bits per heavy atom. The van der Waals surface area contributed by atoms with Crippen molar-refractivity contribution in [2.24, 2.45) is 0 Å². The maximum absolute atomic E-state index is 5.49. The van der Waals surface area contributed by atoms with Gasteiger partial charge >= 0.3 is 0 Å². The number of aryl methyl sites for hydroxylation is 1. The maximum atomic E-state index is 5.49. The van der Waals surface area contributed by atoms with E-state index in [0.717, 1.165) is 72.4 Å². The standard InChI is InChI=1S/C63H41N3/c1-40-16-13-18-41(34-40)46-38-60-63(64-39-46)56-36-43(32-33-59(56)66(60)47-21-3-2-4-22-47)42-19-14-20-45(35-42)57-30-15-31-58(65-57)62-53-28-11-9-26-51(53)61(52-27-10-12-29-54(52)62)55-37-44-17-5-6-23-48(44)49-24-7-8-25-50(49)55/h2-39H,1H3. The molecule has 0 fully saturated rings. The summed E-state index contributed by atoms with van der Waals surface area (Å²) in [6.45, 7) is 2.14. The SMILES string of the molecule is Cc1cccc(-c2cnc3c4cc(-c5cccc(-c6cccc(-c7c8ccccc8c(-c8cc9ccccc9c9ccccc89)c8ccccc78)n6)c5)ccc4n(-c4ccccc4)c3c2)c1. The topological polar surface area (TPSA) is 30.7 Å². The molecular formula is C63H41N3. The van der Waals surface area contributed by atoms with E-state index in [1.807, 2.05) is 6.20 Å². The van der Waals surface area contributed by atoms with Gasteiger partial charge in [0.25, 0.3) is 0 Å². The largest absolute Gasteiger partial charge is 0.308 e. The smallest absolute Gasteiger partial charge is 0.0964 e. The van der Waals surface area contributed by atoms with Crippen molar-refractivity contribution in [3.63, 3.8) is 0 Å². The van der Waals surface area contributed by atoms with Crippen LogP contribution in [0.5, 0.6) is 0 Å². The van der Waals surface area contributed by atoms with Crippen molar-refractivity contribution in [2.75, 3.05) is 0 Å². The molecule has 0 saturated carbocycles. The van der Waals surface area contributed by atoms with Crippen molar-refractivity contribution in [3.8, 4) is 61.6 Å². The molecule has 0 aliphatic heterocycles. The number of para-hydroxylation sites is 1. The molecule has 0 bridgehead atoms. The zero-order chi connectivity index (χ0) is 43.7. The van der Waals surface area contributed by atoms with Crippen molar-refractivity contribution in [3.05, 3.63) is 236 Å². The van der Waals surface area contributed by atoms with Crippen LogP contribution in [0.4, 0.5) is 0 Å². The molecule has 13 rings (SSSR count). The molecule has 10 aromatic carbocycles. The lowest BCUT2D eigenvalue weighted by Gasteiger charge is -2.19. The van der Waals surface area contributed by atoms with Crippen molar-refractivity contribution >= 4 is 65.0 Å². The summed E-state index contributed by atoms with van der Waals surface area (Å²) >= 11 is 0. The van der Waals surface area contributed by atoms with Crippen LogP contribution in [0.25, 0.3) is 127 Å². The van der Waals surface area contributed by atoms with Gasteiger partial charge in [-0.3, -0.25) is 4.98 Å². The molecule has 0 saturated heterocycles. The Kier molecular flexibility index (Phi) is 8.75. The molecule has 13 aromatic rings. The summed E-state index contributed by atoms with van der Waals surface area (Å²) in [5, 5.41) is 10.9. The van der Waals surface area contributed by atoms with Gasteiger partial charge in [0.05, 0.1) is 27.9 Å². The van der Waals surface area contributed by atoms with E-state index in [9.17, 15) is 0 Å². The van der Waals surface area contributed by atoms with Crippen LogP contribution < -0.4 is 0 Å². The van der Waals surface area contributed by atoms with E-state index in [-0.39, 0.29) is 0 Å². The first-order valence-corrected chi connectivity index (χ1v) is 22.6. The Morgan fingerprint density at radius 1 is 0.348 bits per heavy atom. The quantitative estimate of drug-likeness (QED) is 0.123. The molecule has 0 radical (unpaired) electrons. The summed E-state index contributed by atoms with van der Waals surface area (Å²) < 4.78 is 2.34. The third-order valence-electron chi connectivity index (χ3n) is 13.4. The molecular weight excluding hydrogens is 799 g/mol. The minimum atomic E-state index is 0.930. The zero-order valence-corrected chi connectivity index (χ0v) is 36.3. The van der Waals surface area contributed by atoms with Crippen LogP contribution in [0.3, 0.4) is 0 Å². The summed E-state index contributed by atoms with van der Waals surface area (Å²) in [7, 11) is 0. The van der Waals surface area contributed by atoms with Gasteiger partial charge in [0.1, 0.15) is 0 Å². The molecule has 3 heteroatoms. The molecule has 3 aromatic heterocycles. The Hall–Kier alpha value is -8.66. The van der Waals surface area contributed by atoms with Gasteiger partial charge < -0.3 is 4.57 Å². The van der Waals surface area contributed by atoms with Gasteiger partial charge in [-0.05, 0) is 132 Å². The highest BCUT2D eigenvalue weighted by Gasteiger charge is 2.21. The van der Waals surface area contributed by atoms with E-state index in [1.165, 1.54) is 59.8 Å². The van der Waals surface area contributed by atoms with Crippen LogP contribution in [0.15, 0.2) is 231 Å². The number of hydrogen-bond donors (Lipinski definition) is 0. The van der Waals surface area contributed by atoms with E-state index in [4.69, 9.17) is 9.97 Å². The van der Waals surface area contributed by atoms with E-state index in [2.05, 4.69) is 236 Å². The summed E-state index contributed by atoms with van der Waals surface area (Å²) in [6, 6.07) is 81.3. The van der Waals surface area contributed by atoms with Crippen molar-refractivity contribution < 1.29 is 0 Å². The molecule has 66 heavy (non-hydrogen) atoms. The van der Waals surface area contributed by atoms with Crippen molar-refractivity contribution in [1.82, 2.24) is 14.5 Å². The third-order valence-corrected chi connectivity index (χ3v) is 13.4. The predicted molar refractivity (Wildman–Crippen MR) is 278 cm³/mol. The van der Waals surface area contributed by atoms with Crippen LogP contribution in [0.1, 0.15) is 5.56 Å². The summed E-state index contributed by atoms with van der Waals surface area (Å²) in [6.07, 6.45) is 2.02. The molecule has 0 aliphatic rings. The normalized spacial score (nSPS) is 11.7. The van der Waals surface area contributed by atoms with Gasteiger partial charge in [-0.2, -0.15) is 0 Å². The van der Waals surface area contributed by atoms with Gasteiger partial charge in [0, 0.05) is 34.0 Å². The molecule has 0 atom stereocenters. The Labute approximate surface area is 382 Å². The summed E-state index contributed by atoms with van der Waals surface area (Å²) in [5.74, 6) is 0. The lowest BCUT2D eigenvalue weighted by Crippen LogP contribution is -1.94.